The van der Waals surface area contributed by atoms with Crippen molar-refractivity contribution >= 4 is 40.6 Å². The van der Waals surface area contributed by atoms with Gasteiger partial charge in [-0.05, 0) is 66.7 Å². The van der Waals surface area contributed by atoms with E-state index in [2.05, 4.69) is 9.69 Å². The van der Waals surface area contributed by atoms with Gasteiger partial charge in [-0.2, -0.15) is 4.37 Å². The number of nitrogens with zero attached hydrogens (tertiary/aromatic N) is 2. The average molecular weight is 524 g/mol. The van der Waals surface area contributed by atoms with E-state index in [-0.39, 0.29) is 22.4 Å². The second-order valence-electron chi connectivity index (χ2n) is 8.71. The molecule has 1 aliphatic rings. The van der Waals surface area contributed by atoms with Crippen molar-refractivity contribution in [2.75, 3.05) is 30.9 Å². The predicted molar refractivity (Wildman–Crippen MR) is 141 cm³/mol. The van der Waals surface area contributed by atoms with Crippen molar-refractivity contribution in [3.05, 3.63) is 70.2 Å². The number of methoxy groups -OCH3 is 1. The number of benzene rings is 2. The monoisotopic (exact) mass is 523 g/mol. The number of hydrogen-bond acceptors (Lipinski definition) is 8. The second kappa shape index (κ2) is 11.4. The van der Waals surface area contributed by atoms with Crippen LogP contribution in [0.1, 0.15) is 50.2 Å². The molecule has 0 spiro atoms. The van der Waals surface area contributed by atoms with Crippen LogP contribution >= 0.6 is 11.5 Å². The first kappa shape index (κ1) is 26.1. The van der Waals surface area contributed by atoms with Crippen LogP contribution in [-0.4, -0.2) is 48.5 Å². The third kappa shape index (κ3) is 5.73. The molecule has 0 radical (unpaired) electrons. The molecule has 0 bridgehead atoms. The Morgan fingerprint density at radius 2 is 2.00 bits per heavy atom. The Morgan fingerprint density at radius 1 is 1.24 bits per heavy atom. The lowest BCUT2D eigenvalue weighted by Gasteiger charge is -2.32. The lowest BCUT2D eigenvalue weighted by Crippen LogP contribution is -2.45. The van der Waals surface area contributed by atoms with E-state index in [1.165, 1.54) is 4.90 Å². The van der Waals surface area contributed by atoms with Crippen LogP contribution in [0.3, 0.4) is 0 Å². The molecule has 1 fully saturated rings. The number of rotatable bonds is 9. The van der Waals surface area contributed by atoms with Crippen LogP contribution in [0.15, 0.2) is 48.5 Å². The molecule has 4 rings (SSSR count). The molecular weight excluding hydrogens is 494 g/mol. The number of hydrogen-bond donors (Lipinski definition) is 3. The fourth-order valence-electron chi connectivity index (χ4n) is 4.22. The Bertz CT molecular complexity index is 1290. The molecule has 2 atom stereocenters. The van der Waals surface area contributed by atoms with Crippen molar-refractivity contribution in [3.8, 4) is 5.75 Å². The summed E-state index contributed by atoms with van der Waals surface area (Å²) in [5.41, 5.74) is 13.1. The molecule has 11 heteroatoms. The zero-order valence-corrected chi connectivity index (χ0v) is 21.4. The Morgan fingerprint density at radius 3 is 2.59 bits per heavy atom. The van der Waals surface area contributed by atoms with E-state index in [0.717, 1.165) is 29.9 Å². The number of primary amides is 1. The number of aryl methyl sites for hydroxylation is 1. The van der Waals surface area contributed by atoms with Gasteiger partial charge < -0.3 is 26.3 Å². The third-order valence-corrected chi connectivity index (χ3v) is 6.97. The highest BCUT2D eigenvalue weighted by atomic mass is 32.1. The van der Waals surface area contributed by atoms with Crippen LogP contribution in [0.2, 0.25) is 0 Å². The maximum absolute atomic E-state index is 14.1. The number of carbonyl (C=O) groups is 3. The van der Waals surface area contributed by atoms with Gasteiger partial charge in [-0.1, -0.05) is 24.3 Å². The van der Waals surface area contributed by atoms with Crippen LogP contribution < -0.4 is 26.4 Å². The van der Waals surface area contributed by atoms with Crippen molar-refractivity contribution in [1.29, 1.82) is 0 Å². The Hall–Kier alpha value is -3.96. The predicted octanol–water partition coefficient (Wildman–Crippen LogP) is 2.82. The minimum absolute atomic E-state index is 0.0146. The fraction of sp³-hybridized carbons (Fsp3) is 0.308. The van der Waals surface area contributed by atoms with Gasteiger partial charge in [0, 0.05) is 18.8 Å². The maximum atomic E-state index is 14.1. The second-order valence-corrected chi connectivity index (χ2v) is 9.48. The van der Waals surface area contributed by atoms with Crippen molar-refractivity contribution in [2.45, 2.75) is 31.9 Å². The fourth-order valence-corrected chi connectivity index (χ4v) is 4.96. The Kier molecular flexibility index (Phi) is 8.04. The van der Waals surface area contributed by atoms with Crippen molar-refractivity contribution in [1.82, 2.24) is 9.69 Å². The van der Waals surface area contributed by atoms with E-state index >= 15 is 0 Å². The third-order valence-electron chi connectivity index (χ3n) is 6.12. The molecule has 2 heterocycles. The molecule has 1 aromatic heterocycles. The number of nitrogens with one attached hydrogen (secondary N) is 1. The summed E-state index contributed by atoms with van der Waals surface area (Å²) in [5.74, 6) is -1.21. The van der Waals surface area contributed by atoms with Gasteiger partial charge in [-0.3, -0.25) is 19.3 Å². The summed E-state index contributed by atoms with van der Waals surface area (Å²) in [6.45, 7) is 2.86. The van der Waals surface area contributed by atoms with E-state index in [1.807, 2.05) is 13.0 Å². The van der Waals surface area contributed by atoms with E-state index in [0.29, 0.717) is 30.2 Å². The SMILES string of the molecule is COc1ccc([C@H](C(=O)NC[C@H]2CCCO2)N(C(=O)c2snc(C(N)=O)c2N)c2cccc(C)c2)cc1. The van der Waals surface area contributed by atoms with Gasteiger partial charge in [-0.25, -0.2) is 0 Å². The topological polar surface area (TPSA) is 150 Å². The minimum Gasteiger partial charge on any atom is -0.497 e. The number of carbonyl (C=O) groups excluding carboxylic acids is 3. The first-order valence-electron chi connectivity index (χ1n) is 11.8. The first-order chi connectivity index (χ1) is 17.8. The molecule has 3 amide bonds. The van der Waals surface area contributed by atoms with Crippen LogP contribution in [-0.2, 0) is 9.53 Å². The number of nitrogen functional groups attached to an aromatic ring is 1. The van der Waals surface area contributed by atoms with Crippen LogP contribution in [0.25, 0.3) is 0 Å². The molecule has 0 unspecified atom stereocenters. The van der Waals surface area contributed by atoms with Crippen LogP contribution in [0.5, 0.6) is 5.75 Å². The molecule has 1 saturated heterocycles. The van der Waals surface area contributed by atoms with Gasteiger partial charge in [0.15, 0.2) is 5.69 Å². The summed E-state index contributed by atoms with van der Waals surface area (Å²) >= 11 is 0.765. The van der Waals surface area contributed by atoms with Crippen molar-refractivity contribution < 1.29 is 23.9 Å². The summed E-state index contributed by atoms with van der Waals surface area (Å²) in [6, 6.07) is 13.1. The molecule has 1 aliphatic heterocycles. The van der Waals surface area contributed by atoms with Crippen molar-refractivity contribution in [2.24, 2.45) is 5.73 Å². The molecule has 37 heavy (non-hydrogen) atoms. The number of amides is 3. The van der Waals surface area contributed by atoms with Gasteiger partial charge in [0.25, 0.3) is 11.8 Å². The van der Waals surface area contributed by atoms with E-state index in [4.69, 9.17) is 20.9 Å². The highest BCUT2D eigenvalue weighted by Crippen LogP contribution is 2.34. The van der Waals surface area contributed by atoms with Gasteiger partial charge in [-0.15, -0.1) is 0 Å². The lowest BCUT2D eigenvalue weighted by atomic mass is 10.0. The van der Waals surface area contributed by atoms with Crippen LogP contribution in [0, 0.1) is 6.92 Å². The minimum atomic E-state index is -1.07. The van der Waals surface area contributed by atoms with E-state index < -0.39 is 23.8 Å². The molecule has 0 aliphatic carbocycles. The summed E-state index contributed by atoms with van der Waals surface area (Å²) < 4.78 is 14.9. The number of ether oxygens (including phenoxy) is 2. The zero-order valence-electron chi connectivity index (χ0n) is 20.6. The number of nitrogens with two attached hydrogens (primary N) is 2. The van der Waals surface area contributed by atoms with Gasteiger partial charge >= 0.3 is 0 Å². The smallest absolute Gasteiger partial charge is 0.273 e. The van der Waals surface area contributed by atoms with Gasteiger partial charge in [0.05, 0.1) is 18.9 Å². The number of anilines is 2. The Balaban J connectivity index is 1.81. The van der Waals surface area contributed by atoms with E-state index in [1.54, 1.807) is 49.6 Å². The lowest BCUT2D eigenvalue weighted by molar-refractivity contribution is -0.123. The highest BCUT2D eigenvalue weighted by Gasteiger charge is 2.36. The molecule has 194 valence electrons. The summed E-state index contributed by atoms with van der Waals surface area (Å²) in [7, 11) is 1.55. The maximum Gasteiger partial charge on any atom is 0.273 e. The summed E-state index contributed by atoms with van der Waals surface area (Å²) in [5, 5.41) is 2.95. The molecule has 2 aromatic carbocycles. The molecule has 0 saturated carbocycles. The van der Waals surface area contributed by atoms with E-state index in [9.17, 15) is 14.4 Å². The first-order valence-corrected chi connectivity index (χ1v) is 12.6. The highest BCUT2D eigenvalue weighted by molar-refractivity contribution is 7.09. The average Bonchev–Trinajstić information content (AvgIpc) is 3.55. The number of aromatic nitrogens is 1. The summed E-state index contributed by atoms with van der Waals surface area (Å²) in [6.07, 6.45) is 1.70. The normalized spacial score (nSPS) is 15.7. The van der Waals surface area contributed by atoms with Crippen molar-refractivity contribution in [3.63, 3.8) is 0 Å². The standard InChI is InChI=1S/C26H29N5O5S/c1-15-5-3-6-17(13-15)31(26(34)23-20(27)21(24(28)32)30-37-23)22(16-8-10-18(35-2)11-9-16)25(33)29-14-19-7-4-12-36-19/h3,5-6,8-11,13,19,22H,4,7,12,14,27H2,1-2H3,(H2,28,32)(H,29,33)/t19-,22-/m1/s1. The van der Waals surface area contributed by atoms with Gasteiger partial charge in [0.2, 0.25) is 5.91 Å². The van der Waals surface area contributed by atoms with Crippen LogP contribution in [0.4, 0.5) is 11.4 Å². The summed E-state index contributed by atoms with van der Waals surface area (Å²) in [4.78, 5) is 41.0. The largest absolute Gasteiger partial charge is 0.497 e. The Labute approximate surface area is 218 Å². The molecule has 5 N–H and O–H groups in total. The van der Waals surface area contributed by atoms with Gasteiger partial charge in [0.1, 0.15) is 16.7 Å². The molecular formula is C26H29N5O5S. The molecule has 3 aromatic rings. The zero-order chi connectivity index (χ0) is 26.5. The molecule has 10 nitrogen and oxygen atoms in total. The quantitative estimate of drug-likeness (QED) is 0.390.